The molecule has 1 fully saturated rings. The molecule has 1 amide bonds. The molecule has 0 aromatic heterocycles. The van der Waals surface area contributed by atoms with Crippen molar-refractivity contribution in [3.8, 4) is 5.75 Å². The first-order valence-corrected chi connectivity index (χ1v) is 6.80. The van der Waals surface area contributed by atoms with Gasteiger partial charge in [0.05, 0.1) is 7.11 Å². The monoisotopic (exact) mass is 262 g/mol. The van der Waals surface area contributed by atoms with E-state index in [0.29, 0.717) is 12.3 Å². The summed E-state index contributed by atoms with van der Waals surface area (Å²) in [6.45, 7) is 4.90. The molecule has 4 nitrogen and oxygen atoms in total. The number of carbonyl (C=O) groups excluding carboxylic acids is 1. The Hall–Kier alpha value is -1.55. The highest BCUT2D eigenvalue weighted by Crippen LogP contribution is 2.23. The SMILES string of the molecule is COc1cccc(C(C)CC(=O)NCC2CNC2)c1. The summed E-state index contributed by atoms with van der Waals surface area (Å²) in [5, 5.41) is 6.20. The average Bonchev–Trinajstić information content (AvgIpc) is 2.37. The van der Waals surface area contributed by atoms with Gasteiger partial charge in [-0.25, -0.2) is 0 Å². The second kappa shape index (κ2) is 6.57. The van der Waals surface area contributed by atoms with Gasteiger partial charge in [-0.2, -0.15) is 0 Å². The van der Waals surface area contributed by atoms with Crippen LogP contribution in [0.4, 0.5) is 0 Å². The summed E-state index contributed by atoms with van der Waals surface area (Å²) < 4.78 is 5.20. The summed E-state index contributed by atoms with van der Waals surface area (Å²) >= 11 is 0. The molecule has 1 atom stereocenters. The number of hydrogen-bond acceptors (Lipinski definition) is 3. The van der Waals surface area contributed by atoms with E-state index in [9.17, 15) is 4.79 Å². The summed E-state index contributed by atoms with van der Waals surface area (Å²) in [4.78, 5) is 11.9. The molecule has 1 saturated heterocycles. The average molecular weight is 262 g/mol. The van der Waals surface area contributed by atoms with Crippen LogP contribution in [0.3, 0.4) is 0 Å². The summed E-state index contributed by atoms with van der Waals surface area (Å²) in [6.07, 6.45) is 0.521. The minimum atomic E-state index is 0.127. The van der Waals surface area contributed by atoms with Crippen LogP contribution in [0.15, 0.2) is 24.3 Å². The predicted molar refractivity (Wildman–Crippen MR) is 75.4 cm³/mol. The highest BCUT2D eigenvalue weighted by molar-refractivity contribution is 5.76. The third-order valence-corrected chi connectivity index (χ3v) is 3.61. The molecule has 0 spiro atoms. The maximum Gasteiger partial charge on any atom is 0.220 e. The van der Waals surface area contributed by atoms with Gasteiger partial charge in [-0.15, -0.1) is 0 Å². The van der Waals surface area contributed by atoms with E-state index in [1.807, 2.05) is 24.3 Å². The number of amides is 1. The van der Waals surface area contributed by atoms with Gasteiger partial charge in [-0.05, 0) is 23.6 Å². The van der Waals surface area contributed by atoms with Crippen molar-refractivity contribution in [3.63, 3.8) is 0 Å². The van der Waals surface area contributed by atoms with Gasteiger partial charge in [-0.3, -0.25) is 4.79 Å². The molecule has 1 unspecified atom stereocenters. The van der Waals surface area contributed by atoms with Gasteiger partial charge in [0.15, 0.2) is 0 Å². The number of benzene rings is 1. The predicted octanol–water partition coefficient (Wildman–Crippen LogP) is 1.52. The van der Waals surface area contributed by atoms with E-state index in [0.717, 1.165) is 30.9 Å². The first kappa shape index (κ1) is 13.9. The Labute approximate surface area is 114 Å². The first-order chi connectivity index (χ1) is 9.19. The van der Waals surface area contributed by atoms with Crippen LogP contribution >= 0.6 is 0 Å². The molecule has 1 aromatic rings. The number of carbonyl (C=O) groups is 1. The molecule has 1 aliphatic heterocycles. The molecule has 4 heteroatoms. The van der Waals surface area contributed by atoms with Crippen LogP contribution in [-0.2, 0) is 4.79 Å². The van der Waals surface area contributed by atoms with Crippen LogP contribution in [0, 0.1) is 5.92 Å². The van der Waals surface area contributed by atoms with Gasteiger partial charge < -0.3 is 15.4 Å². The molecular weight excluding hydrogens is 240 g/mol. The zero-order valence-corrected chi connectivity index (χ0v) is 11.6. The smallest absolute Gasteiger partial charge is 0.220 e. The molecule has 0 aliphatic carbocycles. The topological polar surface area (TPSA) is 50.4 Å². The van der Waals surface area contributed by atoms with Gasteiger partial charge in [0.2, 0.25) is 5.91 Å². The second-order valence-electron chi connectivity index (χ2n) is 5.21. The fraction of sp³-hybridized carbons (Fsp3) is 0.533. The van der Waals surface area contributed by atoms with Gasteiger partial charge in [0, 0.05) is 32.0 Å². The summed E-state index contributed by atoms with van der Waals surface area (Å²) in [5.74, 6) is 1.78. The van der Waals surface area contributed by atoms with Crippen LogP contribution in [-0.4, -0.2) is 32.7 Å². The summed E-state index contributed by atoms with van der Waals surface area (Å²) in [6, 6.07) is 7.91. The van der Waals surface area contributed by atoms with Crippen LogP contribution in [0.2, 0.25) is 0 Å². The molecule has 104 valence electrons. The lowest BCUT2D eigenvalue weighted by Gasteiger charge is -2.27. The van der Waals surface area contributed by atoms with E-state index >= 15 is 0 Å². The van der Waals surface area contributed by atoms with Crippen molar-refractivity contribution in [2.75, 3.05) is 26.7 Å². The summed E-state index contributed by atoms with van der Waals surface area (Å²) in [5.41, 5.74) is 1.14. The van der Waals surface area contributed by atoms with Gasteiger partial charge in [-0.1, -0.05) is 19.1 Å². The Morgan fingerprint density at radius 3 is 2.95 bits per heavy atom. The Morgan fingerprint density at radius 1 is 1.53 bits per heavy atom. The van der Waals surface area contributed by atoms with Crippen LogP contribution in [0.5, 0.6) is 5.75 Å². The van der Waals surface area contributed by atoms with E-state index in [-0.39, 0.29) is 11.8 Å². The van der Waals surface area contributed by atoms with Gasteiger partial charge in [0.1, 0.15) is 5.75 Å². The molecule has 0 bridgehead atoms. The molecule has 0 radical (unpaired) electrons. The zero-order valence-electron chi connectivity index (χ0n) is 11.6. The second-order valence-corrected chi connectivity index (χ2v) is 5.21. The van der Waals surface area contributed by atoms with Crippen molar-refractivity contribution in [2.24, 2.45) is 5.92 Å². The van der Waals surface area contributed by atoms with Crippen molar-refractivity contribution in [3.05, 3.63) is 29.8 Å². The lowest BCUT2D eigenvalue weighted by molar-refractivity contribution is -0.121. The van der Waals surface area contributed by atoms with E-state index in [4.69, 9.17) is 4.74 Å². The molecule has 1 aromatic carbocycles. The van der Waals surface area contributed by atoms with E-state index in [1.165, 1.54) is 0 Å². The Kier molecular flexibility index (Phi) is 4.80. The van der Waals surface area contributed by atoms with Crippen molar-refractivity contribution < 1.29 is 9.53 Å². The number of hydrogen-bond donors (Lipinski definition) is 2. The molecule has 19 heavy (non-hydrogen) atoms. The third kappa shape index (κ3) is 3.96. The normalized spacial score (nSPS) is 16.5. The Morgan fingerprint density at radius 2 is 2.32 bits per heavy atom. The number of nitrogens with one attached hydrogen (secondary N) is 2. The maximum absolute atomic E-state index is 11.9. The van der Waals surface area contributed by atoms with Crippen molar-refractivity contribution in [1.29, 1.82) is 0 Å². The van der Waals surface area contributed by atoms with Crippen LogP contribution < -0.4 is 15.4 Å². The Balaban J connectivity index is 1.81. The van der Waals surface area contributed by atoms with Crippen molar-refractivity contribution in [2.45, 2.75) is 19.3 Å². The number of ether oxygens (including phenoxy) is 1. The van der Waals surface area contributed by atoms with Crippen molar-refractivity contribution >= 4 is 5.91 Å². The van der Waals surface area contributed by atoms with E-state index < -0.39 is 0 Å². The lowest BCUT2D eigenvalue weighted by Crippen LogP contribution is -2.48. The van der Waals surface area contributed by atoms with E-state index in [1.54, 1.807) is 7.11 Å². The molecule has 0 saturated carbocycles. The lowest BCUT2D eigenvalue weighted by atomic mass is 9.97. The quantitative estimate of drug-likeness (QED) is 0.817. The van der Waals surface area contributed by atoms with Crippen LogP contribution in [0.25, 0.3) is 0 Å². The summed E-state index contributed by atoms with van der Waals surface area (Å²) in [7, 11) is 1.66. The first-order valence-electron chi connectivity index (χ1n) is 6.80. The van der Waals surface area contributed by atoms with Gasteiger partial charge >= 0.3 is 0 Å². The molecule has 2 rings (SSSR count). The number of rotatable bonds is 6. The highest BCUT2D eigenvalue weighted by atomic mass is 16.5. The minimum Gasteiger partial charge on any atom is -0.497 e. The van der Waals surface area contributed by atoms with Crippen molar-refractivity contribution in [1.82, 2.24) is 10.6 Å². The van der Waals surface area contributed by atoms with E-state index in [2.05, 4.69) is 17.6 Å². The fourth-order valence-corrected chi connectivity index (χ4v) is 2.17. The molecule has 1 aliphatic rings. The standard InChI is InChI=1S/C15H22N2O2/c1-11(13-4-3-5-14(7-13)19-2)6-15(18)17-10-12-8-16-9-12/h3-5,7,11-12,16H,6,8-10H2,1-2H3,(H,17,18). The molecular formula is C15H22N2O2. The maximum atomic E-state index is 11.9. The highest BCUT2D eigenvalue weighted by Gasteiger charge is 2.18. The molecule has 2 N–H and O–H groups in total. The minimum absolute atomic E-state index is 0.127. The zero-order chi connectivity index (χ0) is 13.7. The number of methoxy groups -OCH3 is 1. The van der Waals surface area contributed by atoms with Gasteiger partial charge in [0.25, 0.3) is 0 Å². The van der Waals surface area contributed by atoms with Crippen LogP contribution in [0.1, 0.15) is 24.8 Å². The third-order valence-electron chi connectivity index (χ3n) is 3.61. The Bertz CT molecular complexity index is 430. The largest absolute Gasteiger partial charge is 0.497 e. The molecule has 1 heterocycles. The fourth-order valence-electron chi connectivity index (χ4n) is 2.17.